The molecule has 0 radical (unpaired) electrons. The van der Waals surface area contributed by atoms with Crippen LogP contribution in [0.15, 0.2) is 22.7 Å². The topological polar surface area (TPSA) is 20.3 Å². The molecule has 0 atom stereocenters. The molecule has 1 fully saturated rings. The number of hydrogen-bond donors (Lipinski definition) is 0. The number of benzene rings is 1. The minimum absolute atomic E-state index is 0.193. The van der Waals surface area contributed by atoms with Crippen LogP contribution in [0, 0.1) is 5.41 Å². The molecule has 0 spiro atoms. The van der Waals surface area contributed by atoms with Crippen LogP contribution in [0.3, 0.4) is 0 Å². The number of likely N-dealkylation sites (tertiary alicyclic amines) is 1. The lowest BCUT2D eigenvalue weighted by Gasteiger charge is -2.37. The lowest BCUT2D eigenvalue weighted by Crippen LogP contribution is -2.41. The molecule has 1 amide bonds. The van der Waals surface area contributed by atoms with Gasteiger partial charge in [0.15, 0.2) is 0 Å². The van der Waals surface area contributed by atoms with Gasteiger partial charge in [0.05, 0.1) is 11.4 Å². The molecule has 2 rings (SSSR count). The van der Waals surface area contributed by atoms with Gasteiger partial charge in [-0.15, -0.1) is 0 Å². The normalized spacial score (nSPS) is 18.4. The highest BCUT2D eigenvalue weighted by Gasteiger charge is 2.27. The number of amides is 1. The van der Waals surface area contributed by atoms with Gasteiger partial charge in [0.2, 0.25) is 5.91 Å². The molecule has 1 aliphatic rings. The van der Waals surface area contributed by atoms with Crippen LogP contribution in [-0.2, 0) is 11.2 Å². The first-order valence-electron chi connectivity index (χ1n) is 6.60. The summed E-state index contributed by atoms with van der Waals surface area (Å²) in [4.78, 5) is 14.3. The van der Waals surface area contributed by atoms with Crippen molar-refractivity contribution in [3.8, 4) is 0 Å². The highest BCUT2D eigenvalue weighted by Crippen LogP contribution is 2.31. The molecule has 1 aliphatic heterocycles. The second-order valence-electron chi connectivity index (χ2n) is 5.93. The van der Waals surface area contributed by atoms with E-state index in [2.05, 4.69) is 29.8 Å². The fraction of sp³-hybridized carbons (Fsp3) is 0.533. The maximum absolute atomic E-state index is 12.3. The smallest absolute Gasteiger partial charge is 0.227 e. The van der Waals surface area contributed by atoms with Gasteiger partial charge in [-0.1, -0.05) is 37.6 Å². The Morgan fingerprint density at radius 2 is 2.00 bits per heavy atom. The van der Waals surface area contributed by atoms with Crippen molar-refractivity contribution >= 4 is 33.4 Å². The third-order valence-electron chi connectivity index (χ3n) is 3.84. The van der Waals surface area contributed by atoms with E-state index in [-0.39, 0.29) is 5.91 Å². The second-order valence-corrected chi connectivity index (χ2v) is 7.13. The van der Waals surface area contributed by atoms with Crippen LogP contribution in [-0.4, -0.2) is 23.9 Å². The molecule has 0 aliphatic carbocycles. The number of carbonyl (C=O) groups excluding carboxylic acids is 1. The van der Waals surface area contributed by atoms with Crippen LogP contribution in [0.25, 0.3) is 0 Å². The quantitative estimate of drug-likeness (QED) is 0.783. The minimum atomic E-state index is 0.193. The summed E-state index contributed by atoms with van der Waals surface area (Å²) in [6.07, 6.45) is 2.58. The number of halogens is 2. The summed E-state index contributed by atoms with van der Waals surface area (Å²) in [5.74, 6) is 0.193. The van der Waals surface area contributed by atoms with E-state index < -0.39 is 0 Å². The predicted molar refractivity (Wildman–Crippen MR) is 82.5 cm³/mol. The van der Waals surface area contributed by atoms with Gasteiger partial charge in [-0.2, -0.15) is 0 Å². The molecule has 4 heteroatoms. The number of carbonyl (C=O) groups is 1. The SMILES string of the molecule is CC1(C)CCN(C(=O)Cc2cccc(Cl)c2Br)CC1. The maximum atomic E-state index is 12.3. The van der Waals surface area contributed by atoms with Crippen molar-refractivity contribution in [3.63, 3.8) is 0 Å². The largest absolute Gasteiger partial charge is 0.342 e. The summed E-state index contributed by atoms with van der Waals surface area (Å²) in [6, 6.07) is 5.65. The fourth-order valence-electron chi connectivity index (χ4n) is 2.32. The molecule has 1 aromatic rings. The van der Waals surface area contributed by atoms with E-state index in [1.165, 1.54) is 0 Å². The second kappa shape index (κ2) is 5.84. The van der Waals surface area contributed by atoms with Crippen molar-refractivity contribution in [1.82, 2.24) is 4.90 Å². The Morgan fingerprint density at radius 3 is 2.63 bits per heavy atom. The number of piperidine rings is 1. The maximum Gasteiger partial charge on any atom is 0.227 e. The van der Waals surface area contributed by atoms with Gasteiger partial charge in [0, 0.05) is 17.6 Å². The molecule has 0 aromatic heterocycles. The van der Waals surface area contributed by atoms with E-state index in [4.69, 9.17) is 11.6 Å². The summed E-state index contributed by atoms with van der Waals surface area (Å²) in [5, 5.41) is 0.657. The van der Waals surface area contributed by atoms with Gasteiger partial charge in [-0.05, 0) is 45.8 Å². The molecule has 0 bridgehead atoms. The number of hydrogen-bond acceptors (Lipinski definition) is 1. The number of nitrogens with zero attached hydrogens (tertiary/aromatic N) is 1. The van der Waals surface area contributed by atoms with Gasteiger partial charge in [-0.25, -0.2) is 0 Å². The Bertz CT molecular complexity index is 477. The van der Waals surface area contributed by atoms with E-state index in [9.17, 15) is 4.79 Å². The van der Waals surface area contributed by atoms with Gasteiger partial charge in [-0.3, -0.25) is 4.79 Å². The summed E-state index contributed by atoms with van der Waals surface area (Å²) in [6.45, 7) is 6.26. The molecule has 0 saturated carbocycles. The Kier molecular flexibility index (Phi) is 4.57. The average Bonchev–Trinajstić information content (AvgIpc) is 2.35. The van der Waals surface area contributed by atoms with Crippen molar-refractivity contribution in [2.45, 2.75) is 33.1 Å². The van der Waals surface area contributed by atoms with Crippen molar-refractivity contribution in [2.75, 3.05) is 13.1 Å². The highest BCUT2D eigenvalue weighted by molar-refractivity contribution is 9.10. The van der Waals surface area contributed by atoms with Crippen LogP contribution in [0.2, 0.25) is 5.02 Å². The van der Waals surface area contributed by atoms with Crippen LogP contribution in [0.5, 0.6) is 0 Å². The summed E-state index contributed by atoms with van der Waals surface area (Å²) >= 11 is 9.50. The van der Waals surface area contributed by atoms with Crippen LogP contribution < -0.4 is 0 Å². The van der Waals surface area contributed by atoms with Crippen molar-refractivity contribution in [1.29, 1.82) is 0 Å². The fourth-order valence-corrected chi connectivity index (χ4v) is 2.92. The van der Waals surface area contributed by atoms with E-state index >= 15 is 0 Å². The Hall–Kier alpha value is -0.540. The molecule has 0 unspecified atom stereocenters. The summed E-state index contributed by atoms with van der Waals surface area (Å²) in [5.41, 5.74) is 1.33. The van der Waals surface area contributed by atoms with Crippen LogP contribution in [0.4, 0.5) is 0 Å². The molecular weight excluding hydrogens is 326 g/mol. The molecule has 2 nitrogen and oxygen atoms in total. The number of rotatable bonds is 2. The zero-order valence-electron chi connectivity index (χ0n) is 11.4. The standard InChI is InChI=1S/C15H19BrClNO/c1-15(2)6-8-18(9-7-15)13(19)10-11-4-3-5-12(17)14(11)16/h3-5H,6-10H2,1-2H3. The molecule has 104 valence electrons. The van der Waals surface area contributed by atoms with Crippen molar-refractivity contribution < 1.29 is 4.79 Å². The van der Waals surface area contributed by atoms with Gasteiger partial charge in [0.1, 0.15) is 0 Å². The summed E-state index contributed by atoms with van der Waals surface area (Å²) < 4.78 is 0.836. The van der Waals surface area contributed by atoms with Gasteiger partial charge in [0.25, 0.3) is 0 Å². The van der Waals surface area contributed by atoms with Crippen molar-refractivity contribution in [2.24, 2.45) is 5.41 Å². The highest BCUT2D eigenvalue weighted by atomic mass is 79.9. The van der Waals surface area contributed by atoms with E-state index in [0.29, 0.717) is 16.9 Å². The Balaban J connectivity index is 2.00. The van der Waals surface area contributed by atoms with Crippen LogP contribution in [0.1, 0.15) is 32.3 Å². The predicted octanol–water partition coefficient (Wildman–Crippen LogP) is 4.29. The first kappa shape index (κ1) is 14.9. The van der Waals surface area contributed by atoms with E-state index in [1.807, 2.05) is 23.1 Å². The molecule has 19 heavy (non-hydrogen) atoms. The third-order valence-corrected chi connectivity index (χ3v) is 5.32. The molecule has 1 aromatic carbocycles. The van der Waals surface area contributed by atoms with Crippen molar-refractivity contribution in [3.05, 3.63) is 33.3 Å². The molecular formula is C15H19BrClNO. The van der Waals surface area contributed by atoms with E-state index in [0.717, 1.165) is 36.0 Å². The molecule has 1 heterocycles. The average molecular weight is 345 g/mol. The zero-order chi connectivity index (χ0) is 14.0. The minimum Gasteiger partial charge on any atom is -0.342 e. The monoisotopic (exact) mass is 343 g/mol. The van der Waals surface area contributed by atoms with Crippen LogP contribution >= 0.6 is 27.5 Å². The lowest BCUT2D eigenvalue weighted by molar-refractivity contribution is -0.132. The first-order valence-corrected chi connectivity index (χ1v) is 7.77. The Labute approximate surface area is 128 Å². The van der Waals surface area contributed by atoms with E-state index in [1.54, 1.807) is 0 Å². The van der Waals surface area contributed by atoms with Gasteiger partial charge < -0.3 is 4.90 Å². The van der Waals surface area contributed by atoms with Gasteiger partial charge >= 0.3 is 0 Å². The molecule has 1 saturated heterocycles. The molecule has 0 N–H and O–H groups in total. The summed E-state index contributed by atoms with van der Waals surface area (Å²) in [7, 11) is 0. The Morgan fingerprint density at radius 1 is 1.37 bits per heavy atom. The first-order chi connectivity index (χ1) is 8.89. The third kappa shape index (κ3) is 3.73. The zero-order valence-corrected chi connectivity index (χ0v) is 13.7. The lowest BCUT2D eigenvalue weighted by atomic mass is 9.82.